The summed E-state index contributed by atoms with van der Waals surface area (Å²) in [6.07, 6.45) is 1.64. The molecule has 2 aromatic heterocycles. The van der Waals surface area contributed by atoms with Crippen molar-refractivity contribution >= 4 is 28.9 Å². The Morgan fingerprint density at radius 2 is 1.96 bits per heavy atom. The van der Waals surface area contributed by atoms with Crippen molar-refractivity contribution < 1.29 is 19.4 Å². The van der Waals surface area contributed by atoms with Crippen molar-refractivity contribution in [3.05, 3.63) is 63.6 Å². The molecule has 0 unspecified atom stereocenters. The van der Waals surface area contributed by atoms with Gasteiger partial charge in [-0.3, -0.25) is 4.98 Å². The topological polar surface area (TPSA) is 68.7 Å². The summed E-state index contributed by atoms with van der Waals surface area (Å²) in [5, 5.41) is 9.31. The van der Waals surface area contributed by atoms with Gasteiger partial charge in [0.15, 0.2) is 6.61 Å². The molecule has 5 nitrogen and oxygen atoms in total. The average molecular weight is 404 g/mol. The summed E-state index contributed by atoms with van der Waals surface area (Å²) in [5.74, 6) is 0.233. The van der Waals surface area contributed by atoms with Crippen LogP contribution in [0.4, 0.5) is 0 Å². The van der Waals surface area contributed by atoms with E-state index in [1.807, 2.05) is 32.0 Å². The summed E-state index contributed by atoms with van der Waals surface area (Å²) in [6, 6.07) is 11.1. The number of rotatable bonds is 7. The number of carbonyl (C=O) groups is 1. The number of hydrogen-bond acceptors (Lipinski definition) is 5. The number of carboxylic acids is 1. The number of aromatic nitrogens is 1. The summed E-state index contributed by atoms with van der Waals surface area (Å²) in [5.41, 5.74) is 2.85. The molecular weight excluding hydrogens is 386 g/mol. The summed E-state index contributed by atoms with van der Waals surface area (Å²) in [6.45, 7) is 3.98. The number of ether oxygens (including phenoxy) is 2. The largest absolute Gasteiger partial charge is 0.488 e. The lowest BCUT2D eigenvalue weighted by Gasteiger charge is -2.10. The van der Waals surface area contributed by atoms with E-state index in [-0.39, 0.29) is 6.61 Å². The van der Waals surface area contributed by atoms with Gasteiger partial charge in [-0.05, 0) is 61.4 Å². The molecule has 0 aliphatic heterocycles. The Morgan fingerprint density at radius 3 is 2.63 bits per heavy atom. The molecule has 140 valence electrons. The van der Waals surface area contributed by atoms with E-state index in [9.17, 15) is 4.79 Å². The first-order valence-electron chi connectivity index (χ1n) is 8.21. The predicted molar refractivity (Wildman–Crippen MR) is 106 cm³/mol. The van der Waals surface area contributed by atoms with Gasteiger partial charge in [0.2, 0.25) is 0 Å². The van der Waals surface area contributed by atoms with Crippen LogP contribution in [0, 0.1) is 13.8 Å². The van der Waals surface area contributed by atoms with E-state index in [0.29, 0.717) is 23.1 Å². The van der Waals surface area contributed by atoms with Crippen LogP contribution in [0.3, 0.4) is 0 Å². The zero-order chi connectivity index (χ0) is 19.4. The molecule has 0 saturated carbocycles. The lowest BCUT2D eigenvalue weighted by molar-refractivity contribution is -0.139. The number of nitrogens with zero attached hydrogens (tertiary/aromatic N) is 1. The number of pyridine rings is 1. The minimum atomic E-state index is -1.01. The maximum atomic E-state index is 10.6. The molecule has 0 fully saturated rings. The lowest BCUT2D eigenvalue weighted by atomic mass is 10.2. The van der Waals surface area contributed by atoms with Crippen LogP contribution in [-0.2, 0) is 11.4 Å². The van der Waals surface area contributed by atoms with E-state index in [2.05, 4.69) is 11.1 Å². The third-order valence-corrected chi connectivity index (χ3v) is 5.32. The highest BCUT2D eigenvalue weighted by Crippen LogP contribution is 2.32. The van der Waals surface area contributed by atoms with E-state index in [0.717, 1.165) is 26.6 Å². The molecule has 0 amide bonds. The highest BCUT2D eigenvalue weighted by molar-refractivity contribution is 7.15. The second kappa shape index (κ2) is 8.41. The molecule has 0 aliphatic carbocycles. The third kappa shape index (κ3) is 4.99. The van der Waals surface area contributed by atoms with Gasteiger partial charge < -0.3 is 14.6 Å². The number of thiophene rings is 1. The fraction of sp³-hybridized carbons (Fsp3) is 0.200. The maximum absolute atomic E-state index is 10.6. The SMILES string of the molecule is Cc1cc(OCc2sc(-c3ccc(Cl)cn3)cc2C)ccc1OCC(=O)O. The quantitative estimate of drug-likeness (QED) is 0.592. The Balaban J connectivity index is 1.67. The monoisotopic (exact) mass is 403 g/mol. The molecule has 0 saturated heterocycles. The zero-order valence-electron chi connectivity index (χ0n) is 14.9. The molecule has 1 N–H and O–H groups in total. The first kappa shape index (κ1) is 19.2. The van der Waals surface area contributed by atoms with Gasteiger partial charge in [0.25, 0.3) is 0 Å². The van der Waals surface area contributed by atoms with Gasteiger partial charge in [-0.15, -0.1) is 11.3 Å². The van der Waals surface area contributed by atoms with Gasteiger partial charge in [-0.1, -0.05) is 11.6 Å². The number of hydrogen-bond donors (Lipinski definition) is 1. The fourth-order valence-corrected chi connectivity index (χ4v) is 3.65. The molecule has 0 radical (unpaired) electrons. The molecule has 0 spiro atoms. The molecule has 1 aromatic carbocycles. The van der Waals surface area contributed by atoms with Crippen LogP contribution in [0.25, 0.3) is 10.6 Å². The Bertz CT molecular complexity index is 953. The molecule has 27 heavy (non-hydrogen) atoms. The van der Waals surface area contributed by atoms with Crippen molar-refractivity contribution in [2.45, 2.75) is 20.5 Å². The maximum Gasteiger partial charge on any atom is 0.341 e. The van der Waals surface area contributed by atoms with Crippen LogP contribution in [0.15, 0.2) is 42.6 Å². The normalized spacial score (nSPS) is 10.6. The summed E-state index contributed by atoms with van der Waals surface area (Å²) in [7, 11) is 0. The molecule has 2 heterocycles. The van der Waals surface area contributed by atoms with Crippen molar-refractivity contribution in [3.8, 4) is 22.1 Å². The molecular formula is C20H18ClNO4S. The smallest absolute Gasteiger partial charge is 0.341 e. The number of carboxylic acid groups (broad SMARTS) is 1. The lowest BCUT2D eigenvalue weighted by Crippen LogP contribution is -2.10. The first-order chi connectivity index (χ1) is 12.9. The van der Waals surface area contributed by atoms with Crippen LogP contribution >= 0.6 is 22.9 Å². The van der Waals surface area contributed by atoms with Gasteiger partial charge >= 0.3 is 5.97 Å². The van der Waals surface area contributed by atoms with Gasteiger partial charge in [-0.2, -0.15) is 0 Å². The van der Waals surface area contributed by atoms with Gasteiger partial charge in [0, 0.05) is 11.1 Å². The van der Waals surface area contributed by atoms with E-state index in [1.54, 1.807) is 29.7 Å². The first-order valence-corrected chi connectivity index (χ1v) is 9.41. The molecule has 0 atom stereocenters. The summed E-state index contributed by atoms with van der Waals surface area (Å²) in [4.78, 5) is 17.1. The van der Waals surface area contributed by atoms with Gasteiger partial charge in [0.05, 0.1) is 15.6 Å². The van der Waals surface area contributed by atoms with Crippen molar-refractivity contribution in [1.29, 1.82) is 0 Å². The number of aryl methyl sites for hydroxylation is 2. The Kier molecular flexibility index (Phi) is 5.98. The Labute approximate surface area is 166 Å². The Hall–Kier alpha value is -2.57. The molecule has 3 aromatic rings. The zero-order valence-corrected chi connectivity index (χ0v) is 16.4. The van der Waals surface area contributed by atoms with Crippen molar-refractivity contribution in [3.63, 3.8) is 0 Å². The third-order valence-electron chi connectivity index (χ3n) is 3.87. The van der Waals surface area contributed by atoms with Crippen molar-refractivity contribution in [1.82, 2.24) is 4.98 Å². The number of benzene rings is 1. The molecule has 0 bridgehead atoms. The average Bonchev–Trinajstić information content (AvgIpc) is 3.00. The summed E-state index contributed by atoms with van der Waals surface area (Å²) < 4.78 is 11.1. The van der Waals surface area contributed by atoms with Crippen LogP contribution in [0.1, 0.15) is 16.0 Å². The molecule has 3 rings (SSSR count). The van der Waals surface area contributed by atoms with E-state index in [1.165, 1.54) is 0 Å². The van der Waals surface area contributed by atoms with E-state index >= 15 is 0 Å². The second-order valence-corrected chi connectivity index (χ2v) is 7.55. The van der Waals surface area contributed by atoms with Gasteiger partial charge in [-0.25, -0.2) is 4.79 Å². The number of aliphatic carboxylic acids is 1. The minimum absolute atomic E-state index is 0.364. The van der Waals surface area contributed by atoms with Crippen LogP contribution in [0.2, 0.25) is 5.02 Å². The van der Waals surface area contributed by atoms with E-state index < -0.39 is 5.97 Å². The second-order valence-electron chi connectivity index (χ2n) is 5.98. The minimum Gasteiger partial charge on any atom is -0.488 e. The predicted octanol–water partition coefficient (Wildman–Crippen LogP) is 5.12. The highest BCUT2D eigenvalue weighted by Gasteiger charge is 2.10. The van der Waals surface area contributed by atoms with Crippen molar-refractivity contribution in [2.75, 3.05) is 6.61 Å². The highest BCUT2D eigenvalue weighted by atomic mass is 35.5. The molecule has 7 heteroatoms. The summed E-state index contributed by atoms with van der Waals surface area (Å²) >= 11 is 7.53. The Morgan fingerprint density at radius 1 is 1.15 bits per heavy atom. The van der Waals surface area contributed by atoms with Crippen molar-refractivity contribution in [2.24, 2.45) is 0 Å². The van der Waals surface area contributed by atoms with E-state index in [4.69, 9.17) is 26.2 Å². The number of halogens is 1. The van der Waals surface area contributed by atoms with Crippen LogP contribution < -0.4 is 9.47 Å². The van der Waals surface area contributed by atoms with Gasteiger partial charge in [0.1, 0.15) is 18.1 Å². The molecule has 0 aliphatic rings. The fourth-order valence-electron chi connectivity index (χ4n) is 2.47. The standard InChI is InChI=1S/C20H18ClNO4S/c1-12-7-15(4-6-17(12)26-11-20(23)24)25-10-19-13(2)8-18(27-19)16-5-3-14(21)9-22-16/h3-9H,10-11H2,1-2H3,(H,23,24). The van der Waals surface area contributed by atoms with Crippen LogP contribution in [-0.4, -0.2) is 22.7 Å². The van der Waals surface area contributed by atoms with Crippen LogP contribution in [0.5, 0.6) is 11.5 Å².